The minimum atomic E-state index is -4.09. The summed E-state index contributed by atoms with van der Waals surface area (Å²) < 4.78 is 67.5. The first-order chi connectivity index (χ1) is 19.2. The van der Waals surface area contributed by atoms with Crippen LogP contribution in [0.1, 0.15) is 42.5 Å². The summed E-state index contributed by atoms with van der Waals surface area (Å²) in [5, 5.41) is 34.5. The van der Waals surface area contributed by atoms with Gasteiger partial charge in [-0.05, 0) is 62.1 Å². The van der Waals surface area contributed by atoms with Crippen LogP contribution in [-0.2, 0) is 14.6 Å². The van der Waals surface area contributed by atoms with Crippen molar-refractivity contribution in [3.8, 4) is 0 Å². The summed E-state index contributed by atoms with van der Waals surface area (Å²) in [6.07, 6.45) is -0.969. The number of amides is 2. The van der Waals surface area contributed by atoms with Crippen LogP contribution in [0.15, 0.2) is 35.2 Å². The predicted octanol–water partition coefficient (Wildman–Crippen LogP) is 2.56. The number of hydrogen-bond donors (Lipinski definition) is 5. The normalized spacial score (nSPS) is 30.9. The van der Waals surface area contributed by atoms with E-state index in [0.717, 1.165) is 6.07 Å². The first kappa shape index (κ1) is 29.8. The summed E-state index contributed by atoms with van der Waals surface area (Å²) in [6.45, 7) is -0.0857. The molecule has 4 atom stereocenters. The van der Waals surface area contributed by atoms with Gasteiger partial charge in [0, 0.05) is 35.8 Å². The third kappa shape index (κ3) is 5.45. The van der Waals surface area contributed by atoms with E-state index in [0.29, 0.717) is 18.6 Å². The summed E-state index contributed by atoms with van der Waals surface area (Å²) in [5.74, 6) is -7.43. The first-order valence-corrected chi connectivity index (χ1v) is 15.0. The molecule has 2 amide bonds. The summed E-state index contributed by atoms with van der Waals surface area (Å²) in [7, 11) is -4.09. The minimum absolute atomic E-state index is 0.0857. The molecule has 4 aliphatic carbocycles. The molecule has 9 nitrogen and oxygen atoms in total. The number of aliphatic hydroxyl groups is 3. The van der Waals surface area contributed by atoms with Gasteiger partial charge < -0.3 is 26.0 Å². The van der Waals surface area contributed by atoms with Crippen molar-refractivity contribution in [2.45, 2.75) is 60.1 Å². The largest absolute Gasteiger partial charge is 0.390 e. The highest BCUT2D eigenvalue weighted by Crippen LogP contribution is 2.55. The summed E-state index contributed by atoms with van der Waals surface area (Å²) in [6, 6.07) is 4.67. The number of fused-ring (bicyclic) bond motifs is 2. The number of carbonyl (C=O) groups is 2. The highest BCUT2D eigenvalue weighted by Gasteiger charge is 2.60. The van der Waals surface area contributed by atoms with Crippen molar-refractivity contribution < 1.29 is 46.5 Å². The van der Waals surface area contributed by atoms with Gasteiger partial charge in [-0.3, -0.25) is 9.59 Å². The lowest BCUT2D eigenvalue weighted by Gasteiger charge is -2.58. The third-order valence-corrected chi connectivity index (χ3v) is 11.3. The van der Waals surface area contributed by atoms with Gasteiger partial charge in [-0.2, -0.15) is 0 Å². The smallest absolute Gasteiger partial charge is 0.255 e. The molecule has 4 aliphatic rings. The number of hydrogen-bond acceptors (Lipinski definition) is 7. The van der Waals surface area contributed by atoms with E-state index in [1.165, 1.54) is 12.1 Å². The lowest BCUT2D eigenvalue weighted by Crippen LogP contribution is -2.66. The van der Waals surface area contributed by atoms with Gasteiger partial charge in [-0.1, -0.05) is 11.6 Å². The predicted molar refractivity (Wildman–Crippen MR) is 140 cm³/mol. The molecule has 222 valence electrons. The number of halogens is 4. The Bertz CT molecular complexity index is 1460. The molecule has 0 aromatic heterocycles. The highest BCUT2D eigenvalue weighted by molar-refractivity contribution is 7.92. The van der Waals surface area contributed by atoms with Crippen molar-refractivity contribution in [2.24, 2.45) is 17.8 Å². The zero-order valence-corrected chi connectivity index (χ0v) is 23.1. The summed E-state index contributed by atoms with van der Waals surface area (Å²) in [5.41, 5.74) is -1.84. The maximum Gasteiger partial charge on any atom is 0.255 e. The second-order valence-corrected chi connectivity index (χ2v) is 13.7. The van der Waals surface area contributed by atoms with E-state index in [4.69, 9.17) is 11.6 Å². The standard InChI is InChI=1S/C27H28ClF3N2O7S/c28-18-2-1-12(26(37)33-16-9-19(29)24(31)20(30)10-16)5-23(18)41(39,40)17-7-14-6-15(8-17)27(14,38)11-32-25(36)13-3-21(34)22(35)4-13/h1-2,5,9-10,13-15,17,21-22,34-35,38H,3-4,6-8,11H2,(H,32,36)(H,33,37). The summed E-state index contributed by atoms with van der Waals surface area (Å²) >= 11 is 6.21. The van der Waals surface area contributed by atoms with Crippen LogP contribution in [-0.4, -0.2) is 65.2 Å². The van der Waals surface area contributed by atoms with E-state index >= 15 is 0 Å². The fourth-order valence-corrected chi connectivity index (χ4v) is 8.65. The topological polar surface area (TPSA) is 153 Å². The minimum Gasteiger partial charge on any atom is -0.390 e. The van der Waals surface area contributed by atoms with Gasteiger partial charge in [-0.25, -0.2) is 21.6 Å². The SMILES string of the molecule is O=C(Nc1cc(F)c(F)c(F)c1)c1ccc(Cl)c(S(=O)(=O)C2CC3CC(C2)C3(O)CNC(=O)C2CC(O)C(O)C2)c1. The second kappa shape index (κ2) is 10.8. The van der Waals surface area contributed by atoms with Crippen molar-refractivity contribution in [1.82, 2.24) is 5.32 Å². The van der Waals surface area contributed by atoms with E-state index in [2.05, 4.69) is 10.6 Å². The lowest BCUT2D eigenvalue weighted by atomic mass is 9.53. The summed E-state index contributed by atoms with van der Waals surface area (Å²) in [4.78, 5) is 24.9. The lowest BCUT2D eigenvalue weighted by molar-refractivity contribution is -0.174. The second-order valence-electron chi connectivity index (χ2n) is 11.1. The number of nitrogens with one attached hydrogen (secondary N) is 2. The number of benzene rings is 2. The highest BCUT2D eigenvalue weighted by atomic mass is 35.5. The number of carbonyl (C=O) groups excluding carboxylic acids is 2. The van der Waals surface area contributed by atoms with Crippen molar-refractivity contribution >= 4 is 38.9 Å². The van der Waals surface area contributed by atoms with E-state index < -0.39 is 79.9 Å². The van der Waals surface area contributed by atoms with E-state index in [-0.39, 0.29) is 53.4 Å². The maximum absolute atomic E-state index is 13.6. The van der Waals surface area contributed by atoms with E-state index in [9.17, 15) is 46.5 Å². The molecule has 41 heavy (non-hydrogen) atoms. The Hall–Kier alpha value is -2.71. The average Bonchev–Trinajstić information content (AvgIpc) is 3.27. The fraction of sp³-hybridized carbons (Fsp3) is 0.481. The monoisotopic (exact) mass is 616 g/mol. The molecule has 0 spiro atoms. The van der Waals surface area contributed by atoms with Crippen molar-refractivity contribution in [2.75, 3.05) is 11.9 Å². The van der Waals surface area contributed by atoms with Gasteiger partial charge in [0.1, 0.15) is 0 Å². The molecule has 14 heteroatoms. The van der Waals surface area contributed by atoms with Crippen molar-refractivity contribution in [3.63, 3.8) is 0 Å². The molecular formula is C27H28ClF3N2O7S. The molecule has 2 aromatic rings. The molecule has 5 N–H and O–H groups in total. The Morgan fingerprint density at radius 2 is 1.54 bits per heavy atom. The first-order valence-electron chi connectivity index (χ1n) is 13.1. The van der Waals surface area contributed by atoms with Gasteiger partial charge in [0.15, 0.2) is 27.3 Å². The van der Waals surface area contributed by atoms with Gasteiger partial charge in [-0.15, -0.1) is 0 Å². The Kier molecular flexibility index (Phi) is 7.88. The molecule has 4 saturated carbocycles. The van der Waals surface area contributed by atoms with Crippen LogP contribution in [0.5, 0.6) is 0 Å². The fourth-order valence-electron chi connectivity index (χ4n) is 6.25. The Labute approximate surface area is 238 Å². The van der Waals surface area contributed by atoms with Crippen LogP contribution in [0.25, 0.3) is 0 Å². The van der Waals surface area contributed by atoms with Crippen LogP contribution < -0.4 is 10.6 Å². The number of aliphatic hydroxyl groups excluding tert-OH is 2. The molecule has 0 radical (unpaired) electrons. The van der Waals surface area contributed by atoms with Gasteiger partial charge >= 0.3 is 0 Å². The molecule has 0 heterocycles. The molecule has 0 aliphatic heterocycles. The van der Waals surface area contributed by atoms with Gasteiger partial charge in [0.2, 0.25) is 5.91 Å². The molecule has 2 bridgehead atoms. The Balaban J connectivity index is 1.26. The maximum atomic E-state index is 13.6. The zero-order valence-electron chi connectivity index (χ0n) is 21.5. The quantitative estimate of drug-likeness (QED) is 0.300. The molecule has 4 fully saturated rings. The van der Waals surface area contributed by atoms with Gasteiger partial charge in [0.05, 0.1) is 33.0 Å². The van der Waals surface area contributed by atoms with E-state index in [1.54, 1.807) is 0 Å². The van der Waals surface area contributed by atoms with Crippen LogP contribution in [0.4, 0.5) is 18.9 Å². The molecular weight excluding hydrogens is 589 g/mol. The van der Waals surface area contributed by atoms with Gasteiger partial charge in [0.25, 0.3) is 5.91 Å². The van der Waals surface area contributed by atoms with E-state index in [1.807, 2.05) is 0 Å². The molecule has 2 aromatic carbocycles. The van der Waals surface area contributed by atoms with Crippen molar-refractivity contribution in [1.29, 1.82) is 0 Å². The van der Waals surface area contributed by atoms with Crippen LogP contribution >= 0.6 is 11.6 Å². The average molecular weight is 617 g/mol. The van der Waals surface area contributed by atoms with Crippen LogP contribution in [0.3, 0.4) is 0 Å². The third-order valence-electron chi connectivity index (χ3n) is 8.67. The van der Waals surface area contributed by atoms with Crippen molar-refractivity contribution in [3.05, 3.63) is 58.4 Å². The molecule has 0 saturated heterocycles. The Morgan fingerprint density at radius 1 is 0.951 bits per heavy atom. The number of rotatable bonds is 7. The van der Waals surface area contributed by atoms with Crippen LogP contribution in [0.2, 0.25) is 5.02 Å². The number of anilines is 1. The number of sulfone groups is 1. The zero-order chi connectivity index (χ0) is 29.9. The molecule has 6 rings (SSSR count). The Morgan fingerprint density at radius 3 is 2.12 bits per heavy atom. The molecule has 4 unspecified atom stereocenters. The van der Waals surface area contributed by atoms with Crippen LogP contribution in [0, 0.1) is 35.2 Å².